The summed E-state index contributed by atoms with van der Waals surface area (Å²) in [6, 6.07) is 0. The molecule has 0 amide bonds. The van der Waals surface area contributed by atoms with Gasteiger partial charge in [-0.25, -0.2) is 0 Å². The maximum atomic E-state index is 12.4. The van der Waals surface area contributed by atoms with Crippen LogP contribution in [-0.4, -0.2) is 44.8 Å². The minimum atomic E-state index is -0.552. The first-order valence-corrected chi connectivity index (χ1v) is 17.4. The van der Waals surface area contributed by atoms with Gasteiger partial charge < -0.3 is 20.4 Å². The molecule has 4 N–H and O–H groups in total. The van der Waals surface area contributed by atoms with E-state index in [0.717, 1.165) is 37.5 Å². The van der Waals surface area contributed by atoms with E-state index in [-0.39, 0.29) is 52.1 Å². The standard InChI is InChI=1S/C36H64O4/c1-9-26(38)16-24-11-13-25(14-12-24)27-15-10-20(2)30-28(27)18-34(6)19-35(7)17-21(3)29(23(5)37)33(40)36(35,8)22(4)31(34)32(30)39/h20-33,37-40H,9-19H2,1-8H3/t20?,21?,22?,23?,24?,25?,26?,27?,28?,29?,30?,31?,32?,33?,34?,35?,36-/m1/s1. The average Bonchev–Trinajstić information content (AvgIpc) is 2.86. The van der Waals surface area contributed by atoms with Gasteiger partial charge in [0.05, 0.1) is 24.4 Å². The first kappa shape index (κ1) is 31.3. The third-order valence-electron chi connectivity index (χ3n) is 15.0. The molecule has 0 aromatic rings. The number of hydrogen-bond acceptors (Lipinski definition) is 4. The molecule has 0 spiro atoms. The predicted molar refractivity (Wildman–Crippen MR) is 162 cm³/mol. The van der Waals surface area contributed by atoms with E-state index in [0.29, 0.717) is 23.7 Å². The van der Waals surface area contributed by atoms with Crippen molar-refractivity contribution < 1.29 is 20.4 Å². The van der Waals surface area contributed by atoms with Crippen molar-refractivity contribution in [1.82, 2.24) is 0 Å². The molecule has 0 aromatic heterocycles. The molecule has 5 aliphatic rings. The quantitative estimate of drug-likeness (QED) is 0.290. The van der Waals surface area contributed by atoms with Gasteiger partial charge in [0, 0.05) is 11.3 Å². The third-order valence-corrected chi connectivity index (χ3v) is 15.0. The van der Waals surface area contributed by atoms with Crippen molar-refractivity contribution in [3.8, 4) is 0 Å². The summed E-state index contributed by atoms with van der Waals surface area (Å²) in [7, 11) is 0. The Kier molecular flexibility index (Phi) is 8.66. The van der Waals surface area contributed by atoms with Crippen LogP contribution in [0.2, 0.25) is 0 Å². The second-order valence-corrected chi connectivity index (χ2v) is 17.2. The average molecular weight is 561 g/mol. The summed E-state index contributed by atoms with van der Waals surface area (Å²) in [5.41, 5.74) is -0.260. The molecular weight excluding hydrogens is 496 g/mol. The van der Waals surface area contributed by atoms with Crippen LogP contribution in [0.25, 0.3) is 0 Å². The lowest BCUT2D eigenvalue weighted by Crippen LogP contribution is -2.70. The Balaban J connectivity index is 1.42. The molecule has 14 unspecified atom stereocenters. The van der Waals surface area contributed by atoms with Gasteiger partial charge in [-0.05, 0) is 122 Å². The van der Waals surface area contributed by atoms with Crippen LogP contribution in [0.5, 0.6) is 0 Å². The maximum absolute atomic E-state index is 12.4. The summed E-state index contributed by atoms with van der Waals surface area (Å²) in [6.45, 7) is 18.2. The Bertz CT molecular complexity index is 882. The molecule has 0 saturated heterocycles. The van der Waals surface area contributed by atoms with Crippen molar-refractivity contribution in [3.63, 3.8) is 0 Å². The fourth-order valence-corrected chi connectivity index (χ4v) is 13.1. The highest BCUT2D eigenvalue weighted by atomic mass is 16.3. The van der Waals surface area contributed by atoms with Gasteiger partial charge in [0.25, 0.3) is 0 Å². The molecule has 4 heteroatoms. The number of rotatable bonds is 5. The Hall–Kier alpha value is -0.160. The van der Waals surface area contributed by atoms with Crippen LogP contribution < -0.4 is 0 Å². The van der Waals surface area contributed by atoms with Gasteiger partial charge in [-0.15, -0.1) is 0 Å². The zero-order valence-corrected chi connectivity index (χ0v) is 27.1. The Morgan fingerprint density at radius 2 is 1.48 bits per heavy atom. The second kappa shape index (κ2) is 11.1. The first-order valence-electron chi connectivity index (χ1n) is 17.4. The van der Waals surface area contributed by atoms with E-state index < -0.39 is 12.2 Å². The molecule has 0 radical (unpaired) electrons. The van der Waals surface area contributed by atoms with E-state index in [9.17, 15) is 20.4 Å². The molecule has 5 saturated carbocycles. The van der Waals surface area contributed by atoms with Crippen molar-refractivity contribution in [3.05, 3.63) is 0 Å². The highest BCUT2D eigenvalue weighted by Crippen LogP contribution is 2.73. The lowest BCUT2D eigenvalue weighted by molar-refractivity contribution is -0.280. The summed E-state index contributed by atoms with van der Waals surface area (Å²) in [6.07, 6.45) is 11.3. The number of aliphatic hydroxyl groups is 4. The maximum Gasteiger partial charge on any atom is 0.0656 e. The van der Waals surface area contributed by atoms with Gasteiger partial charge >= 0.3 is 0 Å². The van der Waals surface area contributed by atoms with Crippen LogP contribution in [0.1, 0.15) is 126 Å². The van der Waals surface area contributed by atoms with Crippen molar-refractivity contribution >= 4 is 0 Å². The lowest BCUT2D eigenvalue weighted by atomic mass is 9.34. The summed E-state index contributed by atoms with van der Waals surface area (Å²) >= 11 is 0. The van der Waals surface area contributed by atoms with Gasteiger partial charge in [-0.2, -0.15) is 0 Å². The molecule has 4 nitrogen and oxygen atoms in total. The van der Waals surface area contributed by atoms with Crippen LogP contribution in [0.4, 0.5) is 0 Å². The Labute approximate surface area is 246 Å². The van der Waals surface area contributed by atoms with Crippen LogP contribution in [-0.2, 0) is 0 Å². The van der Waals surface area contributed by atoms with Gasteiger partial charge in [-0.3, -0.25) is 0 Å². The highest BCUT2D eigenvalue weighted by molar-refractivity contribution is 5.18. The minimum Gasteiger partial charge on any atom is -0.393 e. The molecule has 40 heavy (non-hydrogen) atoms. The Morgan fingerprint density at radius 3 is 2.08 bits per heavy atom. The van der Waals surface area contributed by atoms with Crippen LogP contribution in [0, 0.1) is 75.4 Å². The normalized spacial score (nSPS) is 56.4. The van der Waals surface area contributed by atoms with E-state index >= 15 is 0 Å². The van der Waals surface area contributed by atoms with Gasteiger partial charge in [0.15, 0.2) is 0 Å². The zero-order valence-electron chi connectivity index (χ0n) is 27.1. The Morgan fingerprint density at radius 1 is 0.825 bits per heavy atom. The summed E-state index contributed by atoms with van der Waals surface area (Å²) in [5.74, 6) is 4.25. The molecule has 0 aromatic carbocycles. The van der Waals surface area contributed by atoms with Crippen LogP contribution in [0.3, 0.4) is 0 Å². The number of aliphatic hydroxyl groups excluding tert-OH is 4. The van der Waals surface area contributed by atoms with E-state index in [4.69, 9.17) is 0 Å². The molecule has 232 valence electrons. The molecule has 5 rings (SSSR count). The molecule has 0 aliphatic heterocycles. The predicted octanol–water partition coefficient (Wildman–Crippen LogP) is 7.07. The molecule has 15 atom stereocenters. The molecular formula is C36H64O4. The molecule has 0 bridgehead atoms. The minimum absolute atomic E-state index is 0.0115. The van der Waals surface area contributed by atoms with Gasteiger partial charge in [-0.1, -0.05) is 67.7 Å². The number of fused-ring (bicyclic) bond motifs is 3. The van der Waals surface area contributed by atoms with Crippen molar-refractivity contribution in [2.75, 3.05) is 0 Å². The van der Waals surface area contributed by atoms with Gasteiger partial charge in [0.2, 0.25) is 0 Å². The highest BCUT2D eigenvalue weighted by Gasteiger charge is 2.70. The number of hydrogen-bond donors (Lipinski definition) is 4. The third kappa shape index (κ3) is 4.76. The van der Waals surface area contributed by atoms with Crippen LogP contribution >= 0.6 is 0 Å². The van der Waals surface area contributed by atoms with Gasteiger partial charge in [0.1, 0.15) is 0 Å². The summed E-state index contributed by atoms with van der Waals surface area (Å²) in [4.78, 5) is 0. The van der Waals surface area contributed by atoms with Crippen molar-refractivity contribution in [2.24, 2.45) is 75.4 Å². The molecule has 5 aliphatic carbocycles. The second-order valence-electron chi connectivity index (χ2n) is 17.2. The largest absolute Gasteiger partial charge is 0.393 e. The SMILES string of the molecule is CCC(O)CC1CCC(C2CCC(C)C3C(O)C4C(C)[C@]5(C)C(O)C(C(C)O)C(C)CC5(C)CC4(C)CC23)CC1. The van der Waals surface area contributed by atoms with Crippen LogP contribution in [0.15, 0.2) is 0 Å². The lowest BCUT2D eigenvalue weighted by Gasteiger charge is -2.72. The smallest absolute Gasteiger partial charge is 0.0656 e. The molecule has 0 heterocycles. The van der Waals surface area contributed by atoms with E-state index in [1.165, 1.54) is 44.9 Å². The van der Waals surface area contributed by atoms with Crippen molar-refractivity contribution in [2.45, 2.75) is 150 Å². The van der Waals surface area contributed by atoms with E-state index in [1.54, 1.807) is 0 Å². The first-order chi connectivity index (χ1) is 18.7. The van der Waals surface area contributed by atoms with E-state index in [1.807, 2.05) is 6.92 Å². The van der Waals surface area contributed by atoms with E-state index in [2.05, 4.69) is 48.5 Å². The monoisotopic (exact) mass is 560 g/mol. The topological polar surface area (TPSA) is 80.9 Å². The zero-order chi connectivity index (χ0) is 29.4. The molecule has 5 fully saturated rings. The fraction of sp³-hybridized carbons (Fsp3) is 1.00. The van der Waals surface area contributed by atoms with Crippen molar-refractivity contribution in [1.29, 1.82) is 0 Å². The summed E-state index contributed by atoms with van der Waals surface area (Å²) < 4.78 is 0. The summed E-state index contributed by atoms with van der Waals surface area (Å²) in [5, 5.41) is 45.4. The fourth-order valence-electron chi connectivity index (χ4n) is 13.1.